The zero-order valence-corrected chi connectivity index (χ0v) is 15.2. The third-order valence-electron chi connectivity index (χ3n) is 6.12. The van der Waals surface area contributed by atoms with Crippen LogP contribution in [0.4, 0.5) is 0 Å². The highest BCUT2D eigenvalue weighted by Crippen LogP contribution is 2.48. The van der Waals surface area contributed by atoms with E-state index < -0.39 is 0 Å². The molecule has 2 aromatic rings. The normalized spacial score (nSPS) is 30.5. The Morgan fingerprint density at radius 2 is 1.76 bits per heavy atom. The van der Waals surface area contributed by atoms with Crippen molar-refractivity contribution in [3.63, 3.8) is 0 Å². The van der Waals surface area contributed by atoms with Gasteiger partial charge in [-0.1, -0.05) is 0 Å². The summed E-state index contributed by atoms with van der Waals surface area (Å²) in [5.74, 6) is 3.17. The van der Waals surface area contributed by atoms with Gasteiger partial charge in [0.25, 0.3) is 5.91 Å². The van der Waals surface area contributed by atoms with Crippen LogP contribution in [-0.2, 0) is 0 Å². The summed E-state index contributed by atoms with van der Waals surface area (Å²) in [6, 6.07) is 2.22. The summed E-state index contributed by atoms with van der Waals surface area (Å²) in [7, 11) is 0. The SMILES string of the molecule is Cc1nc(-c2ncccn2)sc1C(=O)N1CC2CC3CC(C2)CC1C3. The Kier molecular flexibility index (Phi) is 3.62. The highest BCUT2D eigenvalue weighted by Gasteiger charge is 2.44. The molecule has 4 fully saturated rings. The van der Waals surface area contributed by atoms with Crippen LogP contribution in [0.1, 0.15) is 47.5 Å². The number of fused-ring (bicyclic) bond motifs is 1. The van der Waals surface area contributed by atoms with Gasteiger partial charge < -0.3 is 4.90 Å². The van der Waals surface area contributed by atoms with E-state index in [1.807, 2.05) is 6.92 Å². The van der Waals surface area contributed by atoms with E-state index >= 15 is 0 Å². The van der Waals surface area contributed by atoms with Gasteiger partial charge in [-0.15, -0.1) is 11.3 Å². The fourth-order valence-corrected chi connectivity index (χ4v) is 6.23. The highest BCUT2D eigenvalue weighted by molar-refractivity contribution is 7.17. The summed E-state index contributed by atoms with van der Waals surface area (Å²) >= 11 is 1.44. The molecule has 2 aromatic heterocycles. The lowest BCUT2D eigenvalue weighted by Crippen LogP contribution is -2.42. The minimum atomic E-state index is 0.176. The van der Waals surface area contributed by atoms with E-state index in [0.29, 0.717) is 17.8 Å². The molecule has 1 amide bonds. The van der Waals surface area contributed by atoms with Gasteiger partial charge in [0.2, 0.25) is 0 Å². The summed E-state index contributed by atoms with van der Waals surface area (Å²) < 4.78 is 0. The predicted octanol–water partition coefficient (Wildman–Crippen LogP) is 3.56. The van der Waals surface area contributed by atoms with Crippen molar-refractivity contribution < 1.29 is 4.79 Å². The summed E-state index contributed by atoms with van der Waals surface area (Å²) in [5, 5.41) is 0.738. The Morgan fingerprint density at radius 1 is 1.08 bits per heavy atom. The van der Waals surface area contributed by atoms with E-state index in [-0.39, 0.29) is 5.91 Å². The molecular weight excluding hydrogens is 332 g/mol. The molecule has 2 aliphatic heterocycles. The Balaban J connectivity index is 1.46. The minimum Gasteiger partial charge on any atom is -0.335 e. The second-order valence-electron chi connectivity index (χ2n) is 7.89. The van der Waals surface area contributed by atoms with Gasteiger partial charge in [-0.2, -0.15) is 0 Å². The van der Waals surface area contributed by atoms with Gasteiger partial charge in [0.05, 0.1) is 5.69 Å². The maximum absolute atomic E-state index is 13.3. The second-order valence-corrected chi connectivity index (χ2v) is 8.89. The van der Waals surface area contributed by atoms with Crippen LogP contribution in [0.25, 0.3) is 10.8 Å². The van der Waals surface area contributed by atoms with E-state index in [4.69, 9.17) is 0 Å². The van der Waals surface area contributed by atoms with E-state index in [9.17, 15) is 4.79 Å². The fraction of sp³-hybridized carbons (Fsp3) is 0.579. The Morgan fingerprint density at radius 3 is 2.48 bits per heavy atom. The molecule has 0 aromatic carbocycles. The van der Waals surface area contributed by atoms with Crippen LogP contribution in [0.3, 0.4) is 0 Å². The van der Waals surface area contributed by atoms with Crippen molar-refractivity contribution in [3.05, 3.63) is 29.0 Å². The molecule has 2 atom stereocenters. The molecular formula is C19H22N4OS. The zero-order valence-electron chi connectivity index (χ0n) is 14.4. The molecule has 25 heavy (non-hydrogen) atoms. The van der Waals surface area contributed by atoms with Crippen molar-refractivity contribution in [2.45, 2.75) is 45.1 Å². The number of carbonyl (C=O) groups excluding carboxylic acids is 1. The number of nitrogens with zero attached hydrogens (tertiary/aromatic N) is 4. The van der Waals surface area contributed by atoms with Crippen molar-refractivity contribution in [2.75, 3.05) is 6.54 Å². The lowest BCUT2D eigenvalue weighted by atomic mass is 9.68. The van der Waals surface area contributed by atoms with E-state index in [2.05, 4.69) is 19.9 Å². The third kappa shape index (κ3) is 2.67. The molecule has 2 aliphatic carbocycles. The second kappa shape index (κ2) is 5.87. The molecule has 6 heteroatoms. The first-order valence-corrected chi connectivity index (χ1v) is 10.0. The van der Waals surface area contributed by atoms with Crippen LogP contribution >= 0.6 is 11.3 Å². The van der Waals surface area contributed by atoms with Crippen LogP contribution in [0.15, 0.2) is 18.5 Å². The summed E-state index contributed by atoms with van der Waals surface area (Å²) in [6.45, 7) is 2.86. The molecule has 2 unspecified atom stereocenters. The average Bonchev–Trinajstić information content (AvgIpc) is 2.89. The quantitative estimate of drug-likeness (QED) is 0.827. The van der Waals surface area contributed by atoms with Crippen LogP contribution in [0.2, 0.25) is 0 Å². The third-order valence-corrected chi connectivity index (χ3v) is 7.26. The van der Waals surface area contributed by atoms with Gasteiger partial charge in [-0.05, 0) is 62.8 Å². The molecule has 0 radical (unpaired) electrons. The van der Waals surface area contributed by atoms with Gasteiger partial charge in [0, 0.05) is 25.0 Å². The van der Waals surface area contributed by atoms with Crippen molar-refractivity contribution >= 4 is 17.2 Å². The number of rotatable bonds is 2. The molecule has 2 saturated heterocycles. The Bertz CT molecular complexity index is 791. The molecule has 4 heterocycles. The fourth-order valence-electron chi connectivity index (χ4n) is 5.26. The summed E-state index contributed by atoms with van der Waals surface area (Å²) in [4.78, 5) is 29.4. The molecule has 2 saturated carbocycles. The lowest BCUT2D eigenvalue weighted by Gasteiger charge is -2.38. The van der Waals surface area contributed by atoms with Crippen LogP contribution in [0, 0.1) is 24.7 Å². The van der Waals surface area contributed by atoms with E-state index in [0.717, 1.165) is 34.0 Å². The minimum absolute atomic E-state index is 0.176. The van der Waals surface area contributed by atoms with Gasteiger partial charge in [0.1, 0.15) is 4.88 Å². The van der Waals surface area contributed by atoms with Gasteiger partial charge >= 0.3 is 0 Å². The Labute approximate surface area is 151 Å². The highest BCUT2D eigenvalue weighted by atomic mass is 32.1. The molecule has 4 bridgehead atoms. The number of carbonyl (C=O) groups is 1. The first-order chi connectivity index (χ1) is 12.2. The Hall–Kier alpha value is -1.82. The molecule has 4 aliphatic rings. The largest absolute Gasteiger partial charge is 0.335 e. The molecule has 5 nitrogen and oxygen atoms in total. The predicted molar refractivity (Wildman–Crippen MR) is 96.3 cm³/mol. The van der Waals surface area contributed by atoms with Crippen molar-refractivity contribution in [1.29, 1.82) is 0 Å². The van der Waals surface area contributed by atoms with E-state index in [1.54, 1.807) is 18.5 Å². The van der Waals surface area contributed by atoms with Gasteiger partial charge in [0.15, 0.2) is 10.8 Å². The van der Waals surface area contributed by atoms with Gasteiger partial charge in [-0.3, -0.25) is 4.79 Å². The van der Waals surface area contributed by atoms with Crippen LogP contribution in [-0.4, -0.2) is 38.3 Å². The van der Waals surface area contributed by atoms with Gasteiger partial charge in [-0.25, -0.2) is 15.0 Å². The van der Waals surface area contributed by atoms with Crippen LogP contribution < -0.4 is 0 Å². The molecule has 0 spiro atoms. The monoisotopic (exact) mass is 354 g/mol. The number of amides is 1. The number of thiazole rings is 1. The summed E-state index contributed by atoms with van der Waals surface area (Å²) in [6.07, 6.45) is 9.86. The smallest absolute Gasteiger partial charge is 0.266 e. The molecule has 6 rings (SSSR count). The van der Waals surface area contributed by atoms with Crippen molar-refractivity contribution in [2.24, 2.45) is 17.8 Å². The van der Waals surface area contributed by atoms with Crippen molar-refractivity contribution in [3.8, 4) is 10.8 Å². The standard InChI is InChI=1S/C19H22N4OS/c1-11-16(25-18(22-11)17-20-3-2-4-21-17)19(24)23-10-14-6-12-5-13(7-14)9-15(23)8-12/h2-4,12-15H,5-10H2,1H3. The number of hydrogen-bond donors (Lipinski definition) is 0. The maximum atomic E-state index is 13.3. The molecule has 0 N–H and O–H groups in total. The average molecular weight is 354 g/mol. The number of aryl methyl sites for hydroxylation is 1. The van der Waals surface area contributed by atoms with E-state index in [1.165, 1.54) is 43.4 Å². The maximum Gasteiger partial charge on any atom is 0.266 e. The number of aromatic nitrogens is 3. The topological polar surface area (TPSA) is 59.0 Å². The first-order valence-electron chi connectivity index (χ1n) is 9.23. The first kappa shape index (κ1) is 15.4. The zero-order chi connectivity index (χ0) is 17.0. The summed E-state index contributed by atoms with van der Waals surface area (Å²) in [5.41, 5.74) is 0.807. The number of hydrogen-bond acceptors (Lipinski definition) is 5. The lowest BCUT2D eigenvalue weighted by molar-refractivity contribution is 0.0636. The molecule has 130 valence electrons. The van der Waals surface area contributed by atoms with Crippen LogP contribution in [0.5, 0.6) is 0 Å². The van der Waals surface area contributed by atoms with Crippen molar-refractivity contribution in [1.82, 2.24) is 19.9 Å².